The van der Waals surface area contributed by atoms with Crippen molar-refractivity contribution in [1.29, 1.82) is 0 Å². The lowest BCUT2D eigenvalue weighted by molar-refractivity contribution is -0.161. The summed E-state index contributed by atoms with van der Waals surface area (Å²) < 4.78 is 10.7. The fourth-order valence-corrected chi connectivity index (χ4v) is 9.79. The first-order valence-corrected chi connectivity index (χ1v) is 33.9. The summed E-state index contributed by atoms with van der Waals surface area (Å²) in [6, 6.07) is 0. The summed E-state index contributed by atoms with van der Waals surface area (Å²) in [6.45, 7) is 4.05. The van der Waals surface area contributed by atoms with Gasteiger partial charge in [0.05, 0.1) is 6.61 Å². The van der Waals surface area contributed by atoms with Crippen LogP contribution in [-0.2, 0) is 19.1 Å². The standard InChI is InChI=1S/C74H128O5/c1-3-5-7-9-11-13-15-17-19-21-23-25-27-29-31-33-35-36-37-38-39-41-43-45-47-49-51-53-55-57-59-61-63-65-67-69-74(77)79-72(70-75)71-78-73(76)68-66-64-62-60-58-56-54-52-50-48-46-44-42-40-34-32-30-28-26-24-22-20-18-16-14-12-10-8-6-4-2/h5,7,11,13,17,19,23,25,29,31,35-36,38-39,43,45,49,51,72,75H,3-4,6,8-10,12,14-16,18,20-22,24,26-28,30,32-34,37,40-42,44,46-48,50,52-71H2,1-2H3/b7-5-,13-11-,19-17-,25-23-,31-29-,36-35-,39-38-,45-43-,51-49-. The highest BCUT2D eigenvalue weighted by Gasteiger charge is 2.16. The molecule has 1 unspecified atom stereocenters. The first-order chi connectivity index (χ1) is 39.1. The lowest BCUT2D eigenvalue weighted by Crippen LogP contribution is -2.28. The van der Waals surface area contributed by atoms with E-state index < -0.39 is 6.10 Å². The van der Waals surface area contributed by atoms with E-state index in [2.05, 4.69) is 123 Å². The van der Waals surface area contributed by atoms with Crippen LogP contribution in [0.5, 0.6) is 0 Å². The number of carbonyl (C=O) groups excluding carboxylic acids is 2. The SMILES string of the molecule is CC/C=C\C/C=C\C/C=C\C/C=C\C/C=C\C/C=C\C/C=C\C/C=C\C/C=C\CCCCCCCCCC(=O)OC(CO)COC(=O)CCCCCCCCCCCCCCCCCCCCCCCCCCCCCCCC. The fourth-order valence-electron chi connectivity index (χ4n) is 9.79. The Hall–Kier alpha value is -3.44. The Labute approximate surface area is 491 Å². The molecule has 0 saturated heterocycles. The van der Waals surface area contributed by atoms with Gasteiger partial charge in [-0.3, -0.25) is 9.59 Å². The van der Waals surface area contributed by atoms with E-state index in [0.717, 1.165) is 103 Å². The van der Waals surface area contributed by atoms with Crippen molar-refractivity contribution in [2.45, 2.75) is 335 Å². The number of esters is 2. The topological polar surface area (TPSA) is 72.8 Å². The van der Waals surface area contributed by atoms with Crippen LogP contribution in [0.4, 0.5) is 0 Å². The van der Waals surface area contributed by atoms with E-state index in [1.54, 1.807) is 0 Å². The van der Waals surface area contributed by atoms with Crippen molar-refractivity contribution in [1.82, 2.24) is 0 Å². The monoisotopic (exact) mass is 1100 g/mol. The van der Waals surface area contributed by atoms with Crippen LogP contribution in [0.1, 0.15) is 328 Å². The van der Waals surface area contributed by atoms with E-state index in [0.29, 0.717) is 12.8 Å². The molecule has 0 radical (unpaired) electrons. The molecule has 454 valence electrons. The predicted molar refractivity (Wildman–Crippen MR) is 348 cm³/mol. The molecular weight excluding hydrogens is 969 g/mol. The second-order valence-corrected chi connectivity index (χ2v) is 22.5. The zero-order valence-electron chi connectivity index (χ0n) is 52.1. The second kappa shape index (κ2) is 68.8. The first kappa shape index (κ1) is 75.6. The minimum Gasteiger partial charge on any atom is -0.462 e. The van der Waals surface area contributed by atoms with Crippen LogP contribution in [0.25, 0.3) is 0 Å². The van der Waals surface area contributed by atoms with Crippen molar-refractivity contribution in [3.63, 3.8) is 0 Å². The average Bonchev–Trinajstić information content (AvgIpc) is 3.45. The fraction of sp³-hybridized carbons (Fsp3) is 0.730. The highest BCUT2D eigenvalue weighted by atomic mass is 16.6. The van der Waals surface area contributed by atoms with Crippen LogP contribution < -0.4 is 0 Å². The van der Waals surface area contributed by atoms with Crippen LogP contribution in [0.2, 0.25) is 0 Å². The number of aliphatic hydroxyl groups is 1. The molecule has 0 aromatic heterocycles. The molecule has 0 aliphatic heterocycles. The summed E-state index contributed by atoms with van der Waals surface area (Å²) >= 11 is 0. The molecular formula is C74H128O5. The molecule has 0 spiro atoms. The Kier molecular flexibility index (Phi) is 65.8. The van der Waals surface area contributed by atoms with Crippen molar-refractivity contribution < 1.29 is 24.2 Å². The number of aliphatic hydroxyl groups excluding tert-OH is 1. The Morgan fingerprint density at radius 3 is 0.823 bits per heavy atom. The Morgan fingerprint density at radius 2 is 0.544 bits per heavy atom. The molecule has 5 nitrogen and oxygen atoms in total. The van der Waals surface area contributed by atoms with Gasteiger partial charge in [-0.2, -0.15) is 0 Å². The molecule has 5 heteroatoms. The average molecular weight is 1100 g/mol. The molecule has 0 aliphatic rings. The molecule has 79 heavy (non-hydrogen) atoms. The van der Waals surface area contributed by atoms with Crippen molar-refractivity contribution in [3.8, 4) is 0 Å². The Balaban J connectivity index is 3.52. The Morgan fingerprint density at radius 1 is 0.304 bits per heavy atom. The van der Waals surface area contributed by atoms with Gasteiger partial charge in [-0.1, -0.05) is 342 Å². The summed E-state index contributed by atoms with van der Waals surface area (Å²) in [5.74, 6) is -0.595. The largest absolute Gasteiger partial charge is 0.462 e. The van der Waals surface area contributed by atoms with Gasteiger partial charge in [-0.15, -0.1) is 0 Å². The van der Waals surface area contributed by atoms with E-state index in [1.807, 2.05) is 0 Å². The number of ether oxygens (including phenoxy) is 2. The van der Waals surface area contributed by atoms with Gasteiger partial charge in [0, 0.05) is 12.8 Å². The van der Waals surface area contributed by atoms with Gasteiger partial charge >= 0.3 is 11.9 Å². The highest BCUT2D eigenvalue weighted by molar-refractivity contribution is 5.70. The molecule has 1 N–H and O–H groups in total. The van der Waals surface area contributed by atoms with E-state index in [9.17, 15) is 14.7 Å². The van der Waals surface area contributed by atoms with Gasteiger partial charge in [0.1, 0.15) is 6.61 Å². The summed E-state index contributed by atoms with van der Waals surface area (Å²) in [4.78, 5) is 24.6. The molecule has 0 saturated carbocycles. The number of hydrogen-bond acceptors (Lipinski definition) is 5. The quantitative estimate of drug-likeness (QED) is 0.0373. The highest BCUT2D eigenvalue weighted by Crippen LogP contribution is 2.18. The molecule has 0 amide bonds. The van der Waals surface area contributed by atoms with Gasteiger partial charge in [0.2, 0.25) is 0 Å². The number of rotatable bonds is 62. The molecule has 0 aliphatic carbocycles. The third-order valence-corrected chi connectivity index (χ3v) is 14.8. The summed E-state index contributed by atoms with van der Waals surface area (Å²) in [6.07, 6.45) is 99.6. The summed E-state index contributed by atoms with van der Waals surface area (Å²) in [5.41, 5.74) is 0. The molecule has 0 aromatic carbocycles. The summed E-state index contributed by atoms with van der Waals surface area (Å²) in [7, 11) is 0. The molecule has 0 rings (SSSR count). The molecule has 1 atom stereocenters. The maximum Gasteiger partial charge on any atom is 0.306 e. The number of allylic oxidation sites excluding steroid dienone is 18. The molecule has 0 bridgehead atoms. The number of unbranched alkanes of at least 4 members (excludes halogenated alkanes) is 36. The van der Waals surface area contributed by atoms with Crippen molar-refractivity contribution in [2.24, 2.45) is 0 Å². The van der Waals surface area contributed by atoms with Gasteiger partial charge in [-0.25, -0.2) is 0 Å². The molecule has 0 aromatic rings. The second-order valence-electron chi connectivity index (χ2n) is 22.5. The minimum atomic E-state index is -0.785. The maximum absolute atomic E-state index is 12.4. The lowest BCUT2D eigenvalue weighted by Gasteiger charge is -2.15. The van der Waals surface area contributed by atoms with Gasteiger partial charge in [0.15, 0.2) is 6.10 Å². The molecule has 0 fully saturated rings. The van der Waals surface area contributed by atoms with Crippen molar-refractivity contribution in [3.05, 3.63) is 109 Å². The van der Waals surface area contributed by atoms with Crippen LogP contribution in [-0.4, -0.2) is 36.4 Å². The van der Waals surface area contributed by atoms with Crippen LogP contribution in [0.3, 0.4) is 0 Å². The van der Waals surface area contributed by atoms with Gasteiger partial charge < -0.3 is 14.6 Å². The van der Waals surface area contributed by atoms with Gasteiger partial charge in [-0.05, 0) is 83.5 Å². The van der Waals surface area contributed by atoms with Gasteiger partial charge in [0.25, 0.3) is 0 Å². The minimum absolute atomic E-state index is 0.0724. The third kappa shape index (κ3) is 67.0. The van der Waals surface area contributed by atoms with Crippen LogP contribution >= 0.6 is 0 Å². The van der Waals surface area contributed by atoms with E-state index in [-0.39, 0.29) is 25.2 Å². The summed E-state index contributed by atoms with van der Waals surface area (Å²) in [5, 5.41) is 9.69. The van der Waals surface area contributed by atoms with Crippen LogP contribution in [0.15, 0.2) is 109 Å². The Bertz CT molecular complexity index is 1520. The van der Waals surface area contributed by atoms with E-state index >= 15 is 0 Å². The predicted octanol–water partition coefficient (Wildman–Crippen LogP) is 23.6. The normalized spacial score (nSPS) is 12.9. The lowest BCUT2D eigenvalue weighted by atomic mass is 10.0. The van der Waals surface area contributed by atoms with Crippen molar-refractivity contribution >= 4 is 11.9 Å². The zero-order chi connectivity index (χ0) is 56.9. The molecule has 0 heterocycles. The van der Waals surface area contributed by atoms with E-state index in [1.165, 1.54) is 199 Å². The van der Waals surface area contributed by atoms with Crippen LogP contribution in [0, 0.1) is 0 Å². The maximum atomic E-state index is 12.4. The smallest absolute Gasteiger partial charge is 0.306 e. The third-order valence-electron chi connectivity index (χ3n) is 14.8. The number of hydrogen-bond donors (Lipinski definition) is 1. The van der Waals surface area contributed by atoms with Crippen molar-refractivity contribution in [2.75, 3.05) is 13.2 Å². The van der Waals surface area contributed by atoms with E-state index in [4.69, 9.17) is 9.47 Å². The first-order valence-electron chi connectivity index (χ1n) is 33.9. The number of carbonyl (C=O) groups is 2. The zero-order valence-corrected chi connectivity index (χ0v) is 52.1.